The minimum absolute atomic E-state index is 0.0189. The van der Waals surface area contributed by atoms with Crippen LogP contribution in [0.3, 0.4) is 0 Å². The zero-order valence-corrected chi connectivity index (χ0v) is 17.9. The minimum Gasteiger partial charge on any atom is -0.449 e. The molecular weight excluding hydrogens is 382 g/mol. The molecule has 0 spiro atoms. The molecule has 6 heteroatoms. The summed E-state index contributed by atoms with van der Waals surface area (Å²) in [6.45, 7) is 7.42. The number of hydrogen-bond acceptors (Lipinski definition) is 5. The van der Waals surface area contributed by atoms with E-state index >= 15 is 0 Å². The first-order chi connectivity index (χ1) is 14.3. The van der Waals surface area contributed by atoms with Gasteiger partial charge in [-0.1, -0.05) is 51.0 Å². The fraction of sp³-hybridized carbons (Fsp3) is 0.458. The second-order valence-corrected chi connectivity index (χ2v) is 8.23. The number of carbonyl (C=O) groups is 3. The number of ether oxygens (including phenoxy) is 1. The summed E-state index contributed by atoms with van der Waals surface area (Å²) < 4.78 is 10.9. The molecule has 2 aromatic rings. The first kappa shape index (κ1) is 21.8. The van der Waals surface area contributed by atoms with E-state index in [1.165, 1.54) is 19.4 Å². The van der Waals surface area contributed by atoms with Gasteiger partial charge in [-0.2, -0.15) is 0 Å². The first-order valence-corrected chi connectivity index (χ1v) is 10.5. The highest BCUT2D eigenvalue weighted by atomic mass is 16.6. The molecule has 0 bridgehead atoms. The maximum Gasteiger partial charge on any atom is 0.375 e. The van der Waals surface area contributed by atoms with Crippen molar-refractivity contribution in [2.75, 3.05) is 0 Å². The van der Waals surface area contributed by atoms with Crippen molar-refractivity contribution in [1.29, 1.82) is 0 Å². The Morgan fingerprint density at radius 1 is 1.07 bits per heavy atom. The van der Waals surface area contributed by atoms with E-state index in [-0.39, 0.29) is 23.5 Å². The number of hydrogen-bond donors (Lipinski definition) is 1. The third-order valence-electron chi connectivity index (χ3n) is 6.07. The van der Waals surface area contributed by atoms with Crippen LogP contribution in [0.2, 0.25) is 0 Å². The average Bonchev–Trinajstić information content (AvgIpc) is 3.22. The monoisotopic (exact) mass is 411 g/mol. The van der Waals surface area contributed by atoms with Crippen molar-refractivity contribution < 1.29 is 23.5 Å². The zero-order chi connectivity index (χ0) is 21.8. The number of nitrogens with one attached hydrogen (secondary N) is 1. The number of benzene rings is 1. The largest absolute Gasteiger partial charge is 0.449 e. The number of ketones is 1. The number of esters is 1. The van der Waals surface area contributed by atoms with Crippen molar-refractivity contribution >= 4 is 17.7 Å². The van der Waals surface area contributed by atoms with Gasteiger partial charge in [0.05, 0.1) is 0 Å². The van der Waals surface area contributed by atoms with E-state index in [9.17, 15) is 14.4 Å². The Hall–Kier alpha value is -2.89. The van der Waals surface area contributed by atoms with Gasteiger partial charge in [0.25, 0.3) is 5.91 Å². The van der Waals surface area contributed by atoms with Gasteiger partial charge in [0.15, 0.2) is 11.9 Å². The van der Waals surface area contributed by atoms with Crippen molar-refractivity contribution in [3.63, 3.8) is 0 Å². The molecule has 0 unspecified atom stereocenters. The quantitative estimate of drug-likeness (QED) is 0.553. The molecular formula is C24H29NO5. The highest BCUT2D eigenvalue weighted by molar-refractivity contribution is 5.94. The topological polar surface area (TPSA) is 85.6 Å². The van der Waals surface area contributed by atoms with Crippen LogP contribution < -0.4 is 5.32 Å². The molecule has 1 aliphatic rings. The summed E-state index contributed by atoms with van der Waals surface area (Å²) >= 11 is 0. The van der Waals surface area contributed by atoms with E-state index in [1.807, 2.05) is 0 Å². The van der Waals surface area contributed by atoms with Gasteiger partial charge < -0.3 is 14.5 Å². The molecule has 1 aromatic carbocycles. The van der Waals surface area contributed by atoms with Crippen LogP contribution in [0.15, 0.2) is 40.8 Å². The molecule has 1 aliphatic carbocycles. The lowest BCUT2D eigenvalue weighted by Crippen LogP contribution is -2.47. The van der Waals surface area contributed by atoms with Gasteiger partial charge in [0.1, 0.15) is 5.76 Å². The molecule has 1 amide bonds. The Kier molecular flexibility index (Phi) is 6.75. The molecule has 0 radical (unpaired) electrons. The van der Waals surface area contributed by atoms with E-state index in [1.54, 1.807) is 37.3 Å². The van der Waals surface area contributed by atoms with E-state index in [0.717, 1.165) is 18.4 Å². The van der Waals surface area contributed by atoms with Crippen molar-refractivity contribution in [1.82, 2.24) is 5.32 Å². The van der Waals surface area contributed by atoms with Gasteiger partial charge in [-0.15, -0.1) is 0 Å². The third-order valence-corrected chi connectivity index (χ3v) is 6.07. The fourth-order valence-corrected chi connectivity index (χ4v) is 3.83. The summed E-state index contributed by atoms with van der Waals surface area (Å²) in [5.74, 6) is 0.476. The zero-order valence-electron chi connectivity index (χ0n) is 17.9. The fourth-order valence-electron chi connectivity index (χ4n) is 3.83. The third kappa shape index (κ3) is 4.99. The van der Waals surface area contributed by atoms with Crippen molar-refractivity contribution in [2.45, 2.75) is 59.1 Å². The highest BCUT2D eigenvalue weighted by Gasteiger charge is 2.30. The Balaban J connectivity index is 1.59. The maximum absolute atomic E-state index is 12.5. The molecule has 0 saturated heterocycles. The Bertz CT molecular complexity index is 914. The second-order valence-electron chi connectivity index (χ2n) is 8.23. The van der Waals surface area contributed by atoms with Crippen LogP contribution in [0.4, 0.5) is 0 Å². The van der Waals surface area contributed by atoms with E-state index in [4.69, 9.17) is 9.15 Å². The normalized spacial score (nSPS) is 22.2. The minimum atomic E-state index is -0.912. The van der Waals surface area contributed by atoms with Crippen LogP contribution in [0.25, 0.3) is 11.3 Å². The average molecular weight is 411 g/mol. The molecule has 3 rings (SSSR count). The summed E-state index contributed by atoms with van der Waals surface area (Å²) in [7, 11) is 0. The van der Waals surface area contributed by atoms with Crippen LogP contribution >= 0.6 is 0 Å². The number of furan rings is 1. The predicted molar refractivity (Wildman–Crippen MR) is 113 cm³/mol. The van der Waals surface area contributed by atoms with Gasteiger partial charge in [-0.25, -0.2) is 4.79 Å². The van der Waals surface area contributed by atoms with Gasteiger partial charge in [-0.3, -0.25) is 9.59 Å². The molecule has 1 fully saturated rings. The van der Waals surface area contributed by atoms with E-state index < -0.39 is 12.1 Å². The first-order valence-electron chi connectivity index (χ1n) is 10.5. The molecule has 6 nitrogen and oxygen atoms in total. The van der Waals surface area contributed by atoms with Gasteiger partial charge in [0.2, 0.25) is 5.76 Å². The molecule has 1 aromatic heterocycles. The molecule has 0 aliphatic heterocycles. The number of Topliss-reactive ketones (excluding diaryl/α,β-unsaturated/α-hetero) is 1. The Morgan fingerprint density at radius 3 is 2.43 bits per heavy atom. The molecule has 4 atom stereocenters. The van der Waals surface area contributed by atoms with Crippen molar-refractivity contribution in [2.24, 2.45) is 11.8 Å². The SMILES string of the molecule is CC(=O)c1ccc(-c2ccc(C(=O)O[C@H](C)C(=O)N[C@H]3CCC[C@H](C)[C@H]3C)o2)cc1. The predicted octanol–water partition coefficient (Wildman–Crippen LogP) is 4.64. The highest BCUT2D eigenvalue weighted by Crippen LogP contribution is 2.29. The number of carbonyl (C=O) groups excluding carboxylic acids is 3. The van der Waals surface area contributed by atoms with Gasteiger partial charge in [0, 0.05) is 17.2 Å². The molecule has 1 heterocycles. The van der Waals surface area contributed by atoms with Crippen molar-refractivity contribution in [3.8, 4) is 11.3 Å². The summed E-state index contributed by atoms with van der Waals surface area (Å²) in [6.07, 6.45) is 2.30. The Labute approximate surface area is 177 Å². The second kappa shape index (κ2) is 9.28. The van der Waals surface area contributed by atoms with Crippen LogP contribution in [0, 0.1) is 11.8 Å². The van der Waals surface area contributed by atoms with Gasteiger partial charge >= 0.3 is 5.97 Å². The lowest BCUT2D eigenvalue weighted by molar-refractivity contribution is -0.130. The standard InChI is InChI=1S/C24H29NO5/c1-14-6-5-7-20(15(14)2)25-23(27)17(4)29-24(28)22-13-12-21(30-22)19-10-8-18(9-11-19)16(3)26/h8-15,17,20H,5-7H2,1-4H3,(H,25,27)/t14-,15+,17+,20-/m0/s1. The smallest absolute Gasteiger partial charge is 0.375 e. The molecule has 1 N–H and O–H groups in total. The van der Waals surface area contributed by atoms with Crippen LogP contribution in [-0.2, 0) is 9.53 Å². The lowest BCUT2D eigenvalue weighted by Gasteiger charge is -2.35. The molecule has 160 valence electrons. The van der Waals surface area contributed by atoms with E-state index in [2.05, 4.69) is 19.2 Å². The summed E-state index contributed by atoms with van der Waals surface area (Å²) in [5, 5.41) is 3.03. The van der Waals surface area contributed by atoms with Crippen LogP contribution in [0.5, 0.6) is 0 Å². The van der Waals surface area contributed by atoms with Crippen LogP contribution in [0.1, 0.15) is 67.9 Å². The summed E-state index contributed by atoms with van der Waals surface area (Å²) in [6, 6.07) is 10.2. The lowest BCUT2D eigenvalue weighted by atomic mass is 9.78. The number of amides is 1. The molecule has 30 heavy (non-hydrogen) atoms. The maximum atomic E-state index is 12.5. The van der Waals surface area contributed by atoms with Gasteiger partial charge in [-0.05, 0) is 44.2 Å². The number of rotatable bonds is 6. The van der Waals surface area contributed by atoms with Crippen LogP contribution in [-0.4, -0.2) is 29.8 Å². The summed E-state index contributed by atoms with van der Waals surface area (Å²) in [5.41, 5.74) is 1.34. The summed E-state index contributed by atoms with van der Waals surface area (Å²) in [4.78, 5) is 36.3. The van der Waals surface area contributed by atoms with Crippen molar-refractivity contribution in [3.05, 3.63) is 47.7 Å². The molecule has 1 saturated carbocycles. The Morgan fingerprint density at radius 2 is 1.77 bits per heavy atom. The van der Waals surface area contributed by atoms with E-state index in [0.29, 0.717) is 23.2 Å².